The van der Waals surface area contributed by atoms with Crippen molar-refractivity contribution in [2.24, 2.45) is 5.92 Å². The molecule has 1 saturated heterocycles. The summed E-state index contributed by atoms with van der Waals surface area (Å²) in [5.74, 6) is 0.641. The largest absolute Gasteiger partial charge is 0.489 e. The Morgan fingerprint density at radius 3 is 2.88 bits per heavy atom. The summed E-state index contributed by atoms with van der Waals surface area (Å²) in [5.41, 5.74) is 6.23. The van der Waals surface area contributed by atoms with Gasteiger partial charge >= 0.3 is 5.97 Å². The summed E-state index contributed by atoms with van der Waals surface area (Å²) in [6.07, 6.45) is 1.62. The van der Waals surface area contributed by atoms with Gasteiger partial charge in [-0.1, -0.05) is 30.3 Å². The second-order valence-electron chi connectivity index (χ2n) is 7.12. The Bertz CT molecular complexity index is 916. The number of hydrogen-bond donors (Lipinski definition) is 0. The van der Waals surface area contributed by atoms with Crippen LogP contribution in [0.3, 0.4) is 0 Å². The minimum atomic E-state index is -0.268. The maximum atomic E-state index is 12.0. The Hall–Kier alpha value is -2.26. The molecule has 2 aliphatic rings. The highest BCUT2D eigenvalue weighted by Gasteiger charge is 2.44. The average Bonchev–Trinajstić information content (AvgIpc) is 2.91. The lowest BCUT2D eigenvalue weighted by molar-refractivity contribution is -0.139. The van der Waals surface area contributed by atoms with E-state index in [1.165, 1.54) is 11.1 Å². The fourth-order valence-corrected chi connectivity index (χ4v) is 4.32. The topological polar surface area (TPSA) is 35.5 Å². The monoisotopic (exact) mass is 368 g/mol. The first-order valence-electron chi connectivity index (χ1n) is 8.85. The number of ether oxygens (including phenoxy) is 2. The Labute approximate surface area is 158 Å². The van der Waals surface area contributed by atoms with Crippen molar-refractivity contribution in [3.05, 3.63) is 75.3 Å². The Morgan fingerprint density at radius 1 is 1.31 bits per heavy atom. The summed E-state index contributed by atoms with van der Waals surface area (Å²) < 4.78 is 11.8. The van der Waals surface area contributed by atoms with Crippen LogP contribution in [-0.2, 0) is 22.6 Å². The van der Waals surface area contributed by atoms with Crippen LogP contribution < -0.4 is 4.74 Å². The Kier molecular flexibility index (Phi) is 4.28. The minimum absolute atomic E-state index is 0.0799. The predicted molar refractivity (Wildman–Crippen MR) is 101 cm³/mol. The van der Waals surface area contributed by atoms with Crippen LogP contribution in [0.25, 0.3) is 0 Å². The van der Waals surface area contributed by atoms with E-state index in [9.17, 15) is 4.79 Å². The molecule has 1 fully saturated rings. The van der Waals surface area contributed by atoms with E-state index >= 15 is 0 Å². The van der Waals surface area contributed by atoms with Crippen LogP contribution in [0.1, 0.15) is 40.3 Å². The second kappa shape index (κ2) is 6.48. The summed E-state index contributed by atoms with van der Waals surface area (Å²) in [6.45, 7) is 8.52. The normalized spacial score (nSPS) is 21.2. The number of fused-ring (bicyclic) bond motifs is 3. The molecule has 0 spiro atoms. The maximum absolute atomic E-state index is 12.0. The van der Waals surface area contributed by atoms with Crippen molar-refractivity contribution in [2.45, 2.75) is 39.4 Å². The molecule has 4 heteroatoms. The lowest BCUT2D eigenvalue weighted by atomic mass is 9.76. The lowest BCUT2D eigenvalue weighted by Crippen LogP contribution is -2.20. The molecular weight excluding hydrogens is 348 g/mol. The highest BCUT2D eigenvalue weighted by atomic mass is 35.5. The van der Waals surface area contributed by atoms with Crippen molar-refractivity contribution in [3.63, 3.8) is 0 Å². The zero-order valence-corrected chi connectivity index (χ0v) is 15.7. The molecule has 26 heavy (non-hydrogen) atoms. The number of benzene rings is 2. The molecular formula is C22H21ClO3. The van der Waals surface area contributed by atoms with Crippen molar-refractivity contribution in [2.75, 3.05) is 0 Å². The van der Waals surface area contributed by atoms with E-state index in [1.54, 1.807) is 0 Å². The standard InChI is InChI=1S/C22H21ClO3/c1-12-9-19(25-11-15-5-4-6-16(23)10-15)14(3)20-17(12)7-8-18-13(2)22(24)26-21(18)20/h4-6,9-10,18,21H,2,7-8,11H2,1,3H3/t18-,21+/m0/s1. The van der Waals surface area contributed by atoms with Gasteiger partial charge in [-0.05, 0) is 67.1 Å². The second-order valence-corrected chi connectivity index (χ2v) is 7.56. The van der Waals surface area contributed by atoms with E-state index in [2.05, 4.69) is 19.6 Å². The van der Waals surface area contributed by atoms with Gasteiger partial charge in [-0.25, -0.2) is 4.79 Å². The first-order valence-corrected chi connectivity index (χ1v) is 9.23. The molecule has 2 aromatic carbocycles. The smallest absolute Gasteiger partial charge is 0.334 e. The van der Waals surface area contributed by atoms with Crippen LogP contribution in [0.4, 0.5) is 0 Å². The summed E-state index contributed by atoms with van der Waals surface area (Å²) >= 11 is 6.05. The third kappa shape index (κ3) is 2.80. The summed E-state index contributed by atoms with van der Waals surface area (Å²) in [7, 11) is 0. The molecule has 0 N–H and O–H groups in total. The quantitative estimate of drug-likeness (QED) is 0.548. The number of carbonyl (C=O) groups is 1. The average molecular weight is 369 g/mol. The Morgan fingerprint density at radius 2 is 2.12 bits per heavy atom. The molecule has 1 aliphatic carbocycles. The molecule has 0 saturated carbocycles. The molecule has 134 valence electrons. The summed E-state index contributed by atoms with van der Waals surface area (Å²) in [6, 6.07) is 9.75. The number of aryl methyl sites for hydroxylation is 1. The van der Waals surface area contributed by atoms with E-state index in [-0.39, 0.29) is 18.0 Å². The zero-order chi connectivity index (χ0) is 18.4. The SMILES string of the molecule is C=C1C(=O)O[C@H]2c3c(C)c(OCc4cccc(Cl)c4)cc(C)c3CC[C@@H]12. The highest BCUT2D eigenvalue weighted by molar-refractivity contribution is 6.30. The van der Waals surface area contributed by atoms with Gasteiger partial charge in [-0.3, -0.25) is 0 Å². The van der Waals surface area contributed by atoms with Gasteiger partial charge < -0.3 is 9.47 Å². The third-order valence-corrected chi connectivity index (χ3v) is 5.74. The fourth-order valence-electron chi connectivity index (χ4n) is 4.11. The summed E-state index contributed by atoms with van der Waals surface area (Å²) in [5, 5.41) is 0.698. The van der Waals surface area contributed by atoms with Gasteiger partial charge in [0.2, 0.25) is 0 Å². The molecule has 0 unspecified atom stereocenters. The molecule has 2 aromatic rings. The molecule has 0 bridgehead atoms. The van der Waals surface area contributed by atoms with E-state index in [1.807, 2.05) is 31.2 Å². The fraction of sp³-hybridized carbons (Fsp3) is 0.318. The molecule has 3 nitrogen and oxygen atoms in total. The van der Waals surface area contributed by atoms with Crippen LogP contribution in [0.2, 0.25) is 5.02 Å². The molecule has 0 aromatic heterocycles. The van der Waals surface area contributed by atoms with Crippen molar-refractivity contribution in [1.82, 2.24) is 0 Å². The maximum Gasteiger partial charge on any atom is 0.334 e. The van der Waals surface area contributed by atoms with Crippen LogP contribution in [0.5, 0.6) is 5.75 Å². The van der Waals surface area contributed by atoms with Crippen LogP contribution in [0.15, 0.2) is 42.5 Å². The zero-order valence-electron chi connectivity index (χ0n) is 15.0. The van der Waals surface area contributed by atoms with Crippen molar-refractivity contribution < 1.29 is 14.3 Å². The van der Waals surface area contributed by atoms with Crippen LogP contribution in [0, 0.1) is 19.8 Å². The van der Waals surface area contributed by atoms with Crippen molar-refractivity contribution in [1.29, 1.82) is 0 Å². The first-order chi connectivity index (χ1) is 12.5. The number of carbonyl (C=O) groups excluding carboxylic acids is 1. The van der Waals surface area contributed by atoms with Gasteiger partial charge in [0.25, 0.3) is 0 Å². The summed E-state index contributed by atoms with van der Waals surface area (Å²) in [4.78, 5) is 12.0. The highest BCUT2D eigenvalue weighted by Crippen LogP contribution is 2.49. The number of esters is 1. The molecule has 2 atom stereocenters. The molecule has 1 aliphatic heterocycles. The van der Waals surface area contributed by atoms with E-state index in [0.29, 0.717) is 17.2 Å². The Balaban J connectivity index is 1.68. The minimum Gasteiger partial charge on any atom is -0.489 e. The molecule has 0 radical (unpaired) electrons. The van der Waals surface area contributed by atoms with Gasteiger partial charge in [-0.2, -0.15) is 0 Å². The molecule has 1 heterocycles. The van der Waals surface area contributed by atoms with Gasteiger partial charge in [-0.15, -0.1) is 0 Å². The number of hydrogen-bond acceptors (Lipinski definition) is 3. The molecule has 0 amide bonds. The molecule has 4 rings (SSSR count). The van der Waals surface area contributed by atoms with Gasteiger partial charge in [0.15, 0.2) is 0 Å². The van der Waals surface area contributed by atoms with Crippen LogP contribution in [-0.4, -0.2) is 5.97 Å². The van der Waals surface area contributed by atoms with Gasteiger partial charge in [0.05, 0.1) is 0 Å². The predicted octanol–water partition coefficient (Wildman–Crippen LogP) is 5.25. The van der Waals surface area contributed by atoms with E-state index in [4.69, 9.17) is 21.1 Å². The van der Waals surface area contributed by atoms with E-state index < -0.39 is 0 Å². The third-order valence-electron chi connectivity index (χ3n) is 5.50. The van der Waals surface area contributed by atoms with Crippen molar-refractivity contribution >= 4 is 17.6 Å². The van der Waals surface area contributed by atoms with Crippen LogP contribution >= 0.6 is 11.6 Å². The van der Waals surface area contributed by atoms with Crippen molar-refractivity contribution in [3.8, 4) is 5.75 Å². The van der Waals surface area contributed by atoms with Gasteiger partial charge in [0, 0.05) is 22.1 Å². The van der Waals surface area contributed by atoms with E-state index in [0.717, 1.165) is 35.3 Å². The number of rotatable bonds is 3. The lowest BCUT2D eigenvalue weighted by Gasteiger charge is -2.30. The first kappa shape index (κ1) is 17.2. The van der Waals surface area contributed by atoms with Gasteiger partial charge in [0.1, 0.15) is 18.5 Å². The number of halogens is 1.